The second-order valence-corrected chi connectivity index (χ2v) is 21.2. The molecule has 0 saturated carbocycles. The zero-order valence-electron chi connectivity index (χ0n) is 21.1. The molecule has 0 aromatic heterocycles. The Morgan fingerprint density at radius 1 is 1.03 bits per heavy atom. The van der Waals surface area contributed by atoms with Crippen LogP contribution in [0.25, 0.3) is 0 Å². The zero-order chi connectivity index (χ0) is 23.1. The number of ether oxygens (including phenoxy) is 2. The number of hydrogen-bond acceptors (Lipinski definition) is 6. The molecule has 0 N–H and O–H groups in total. The Morgan fingerprint density at radius 3 is 2.10 bits per heavy atom. The lowest BCUT2D eigenvalue weighted by Crippen LogP contribution is -2.51. The summed E-state index contributed by atoms with van der Waals surface area (Å²) in [7, 11) is -0.124. The van der Waals surface area contributed by atoms with Crippen molar-refractivity contribution in [1.82, 2.24) is 4.90 Å². The van der Waals surface area contributed by atoms with E-state index in [0.717, 1.165) is 0 Å². The van der Waals surface area contributed by atoms with Crippen molar-refractivity contribution >= 4 is 29.0 Å². The van der Waals surface area contributed by atoms with Crippen LogP contribution in [0, 0.1) is 0 Å². The fourth-order valence-corrected chi connectivity index (χ4v) is 5.06. The van der Waals surface area contributed by atoms with Crippen LogP contribution in [0.15, 0.2) is 9.98 Å². The lowest BCUT2D eigenvalue weighted by Gasteiger charge is -2.41. The van der Waals surface area contributed by atoms with Crippen molar-refractivity contribution in [1.29, 1.82) is 0 Å². The molecule has 0 spiro atoms. The van der Waals surface area contributed by atoms with E-state index >= 15 is 0 Å². The molecule has 0 aromatic rings. The van der Waals surface area contributed by atoms with Gasteiger partial charge in [0, 0.05) is 14.1 Å². The topological polar surface area (TPSA) is 64.9 Å². The highest BCUT2D eigenvalue weighted by Gasteiger charge is 2.54. The molecule has 0 aromatic carbocycles. The first kappa shape index (κ1) is 25.5. The van der Waals surface area contributed by atoms with Crippen LogP contribution in [-0.4, -0.2) is 79.1 Å². The first-order valence-electron chi connectivity index (χ1n) is 10.9. The monoisotopic (exact) mass is 457 g/mol. The van der Waals surface area contributed by atoms with E-state index in [0.29, 0.717) is 12.6 Å². The summed E-state index contributed by atoms with van der Waals surface area (Å²) < 4.78 is 25.7. The third kappa shape index (κ3) is 5.73. The van der Waals surface area contributed by atoms with E-state index < -0.39 is 22.9 Å². The van der Waals surface area contributed by atoms with E-state index in [9.17, 15) is 0 Å². The third-order valence-electron chi connectivity index (χ3n) is 6.82. The summed E-state index contributed by atoms with van der Waals surface area (Å²) in [6.07, 6.45) is 0.563. The molecule has 0 unspecified atom stereocenters. The SMILES string of the molecule is CN(C)/C=N\C1=N[C@@H]2O[C@H](CO[Si](C)(C)C(C)(C)C)[C@@H](O[Si](C)(C)C(C)(C)C)[C@@H]2O1. The van der Waals surface area contributed by atoms with Crippen molar-refractivity contribution in [2.24, 2.45) is 9.98 Å². The summed E-state index contributed by atoms with van der Waals surface area (Å²) in [5.74, 6) is 0. The van der Waals surface area contributed by atoms with Gasteiger partial charge in [0.05, 0.1) is 12.9 Å². The summed E-state index contributed by atoms with van der Waals surface area (Å²) in [5.41, 5.74) is 0. The van der Waals surface area contributed by atoms with Crippen molar-refractivity contribution in [2.45, 2.75) is 102 Å². The molecule has 30 heavy (non-hydrogen) atoms. The molecule has 2 aliphatic rings. The third-order valence-corrected chi connectivity index (χ3v) is 15.8. The Bertz CT molecular complexity index is 666. The Morgan fingerprint density at radius 2 is 1.60 bits per heavy atom. The highest BCUT2D eigenvalue weighted by atomic mass is 28.4. The van der Waals surface area contributed by atoms with E-state index in [2.05, 4.69) is 77.7 Å². The van der Waals surface area contributed by atoms with Crippen LogP contribution in [-0.2, 0) is 18.3 Å². The molecular formula is C21H43N3O4Si2. The van der Waals surface area contributed by atoms with Crippen LogP contribution in [0.2, 0.25) is 36.3 Å². The quantitative estimate of drug-likeness (QED) is 0.334. The average Bonchev–Trinajstić information content (AvgIpc) is 3.07. The van der Waals surface area contributed by atoms with Gasteiger partial charge in [0.2, 0.25) is 0 Å². The van der Waals surface area contributed by atoms with Crippen LogP contribution in [0.5, 0.6) is 0 Å². The van der Waals surface area contributed by atoms with Crippen LogP contribution < -0.4 is 0 Å². The summed E-state index contributed by atoms with van der Waals surface area (Å²) in [4.78, 5) is 10.7. The second kappa shape index (κ2) is 8.65. The fraction of sp³-hybridized carbons (Fsp3) is 0.905. The molecule has 7 nitrogen and oxygen atoms in total. The predicted molar refractivity (Wildman–Crippen MR) is 128 cm³/mol. The Kier molecular flexibility index (Phi) is 7.36. The normalized spacial score (nSPS) is 27.9. The van der Waals surface area contributed by atoms with Crippen molar-refractivity contribution < 1.29 is 18.3 Å². The van der Waals surface area contributed by atoms with Gasteiger partial charge in [0.1, 0.15) is 12.2 Å². The number of rotatable bonds is 6. The largest absolute Gasteiger partial charge is 0.453 e. The van der Waals surface area contributed by atoms with Gasteiger partial charge < -0.3 is 23.2 Å². The molecular weight excluding hydrogens is 414 g/mol. The molecule has 4 atom stereocenters. The van der Waals surface area contributed by atoms with Gasteiger partial charge >= 0.3 is 6.02 Å². The smallest absolute Gasteiger partial charge is 0.316 e. The maximum absolute atomic E-state index is 6.80. The van der Waals surface area contributed by atoms with Gasteiger partial charge in [-0.25, -0.2) is 0 Å². The number of amidine groups is 1. The maximum atomic E-state index is 6.80. The number of nitrogens with zero attached hydrogens (tertiary/aromatic N) is 3. The molecule has 1 fully saturated rings. The van der Waals surface area contributed by atoms with E-state index in [1.165, 1.54) is 0 Å². The molecule has 0 amide bonds. The van der Waals surface area contributed by atoms with Gasteiger partial charge in [0.25, 0.3) is 0 Å². The van der Waals surface area contributed by atoms with E-state index in [4.69, 9.17) is 18.3 Å². The van der Waals surface area contributed by atoms with E-state index in [-0.39, 0.29) is 28.4 Å². The lowest BCUT2D eigenvalue weighted by molar-refractivity contribution is -0.0136. The summed E-state index contributed by atoms with van der Waals surface area (Å²) in [5, 5.41) is 0.223. The number of fused-ring (bicyclic) bond motifs is 1. The van der Waals surface area contributed by atoms with Gasteiger partial charge in [-0.2, -0.15) is 9.98 Å². The highest BCUT2D eigenvalue weighted by Crippen LogP contribution is 2.42. The standard InChI is InChI=1S/C21H43N3O4Si2/c1-20(2,3)29(9,10)25-13-15-16(28-30(11,12)21(4,5)6)17-18(26-15)23-19(27-17)22-14-24(7)8/h14-18H,13H2,1-12H3/b22-14-/t15-,16-,17+,18-/m1/s1. The Balaban J connectivity index is 2.21. The molecule has 1 saturated heterocycles. The maximum Gasteiger partial charge on any atom is 0.316 e. The van der Waals surface area contributed by atoms with Gasteiger partial charge in [-0.3, -0.25) is 0 Å². The molecule has 174 valence electrons. The first-order chi connectivity index (χ1) is 13.4. The summed E-state index contributed by atoms with van der Waals surface area (Å²) in [6, 6.07) is 0.353. The molecule has 2 aliphatic heterocycles. The minimum Gasteiger partial charge on any atom is -0.453 e. The van der Waals surface area contributed by atoms with Gasteiger partial charge in [0.15, 0.2) is 29.0 Å². The van der Waals surface area contributed by atoms with Crippen LogP contribution >= 0.6 is 0 Å². The van der Waals surface area contributed by atoms with Gasteiger partial charge in [-0.05, 0) is 36.3 Å². The molecule has 0 radical (unpaired) electrons. The van der Waals surface area contributed by atoms with Crippen molar-refractivity contribution in [3.8, 4) is 0 Å². The Labute approximate surface area is 185 Å². The molecule has 2 rings (SSSR count). The lowest BCUT2D eigenvalue weighted by atomic mass is 10.1. The predicted octanol–water partition coefficient (Wildman–Crippen LogP) is 4.47. The number of aliphatic imine (C=N–C) groups is 2. The van der Waals surface area contributed by atoms with Crippen molar-refractivity contribution in [3.05, 3.63) is 0 Å². The van der Waals surface area contributed by atoms with E-state index in [1.54, 1.807) is 6.34 Å². The molecule has 9 heteroatoms. The molecule has 0 bridgehead atoms. The van der Waals surface area contributed by atoms with Crippen molar-refractivity contribution in [2.75, 3.05) is 20.7 Å². The average molecular weight is 458 g/mol. The van der Waals surface area contributed by atoms with E-state index in [1.807, 2.05) is 19.0 Å². The van der Waals surface area contributed by atoms with Crippen LogP contribution in [0.1, 0.15) is 41.5 Å². The van der Waals surface area contributed by atoms with Gasteiger partial charge in [-0.1, -0.05) is 41.5 Å². The zero-order valence-corrected chi connectivity index (χ0v) is 23.1. The van der Waals surface area contributed by atoms with Gasteiger partial charge in [-0.15, -0.1) is 0 Å². The van der Waals surface area contributed by atoms with Crippen molar-refractivity contribution in [3.63, 3.8) is 0 Å². The van der Waals surface area contributed by atoms with Crippen LogP contribution in [0.3, 0.4) is 0 Å². The summed E-state index contributed by atoms with van der Waals surface area (Å²) in [6.45, 7) is 23.0. The minimum atomic E-state index is -2.04. The second-order valence-electron chi connectivity index (χ2n) is 11.7. The minimum absolute atomic E-state index is 0.0846. The van der Waals surface area contributed by atoms with Crippen LogP contribution in [0.4, 0.5) is 0 Å². The highest BCUT2D eigenvalue weighted by molar-refractivity contribution is 6.74. The first-order valence-corrected chi connectivity index (χ1v) is 16.7. The fourth-order valence-electron chi connectivity index (χ4n) is 2.73. The summed E-state index contributed by atoms with van der Waals surface area (Å²) >= 11 is 0. The molecule has 2 heterocycles. The number of hydrogen-bond donors (Lipinski definition) is 0. The molecule has 0 aliphatic carbocycles. The Hall–Kier alpha value is -0.746.